The van der Waals surface area contributed by atoms with Crippen molar-refractivity contribution in [2.75, 3.05) is 18.4 Å². The summed E-state index contributed by atoms with van der Waals surface area (Å²) in [4.78, 5) is 14.7. The van der Waals surface area contributed by atoms with E-state index in [1.807, 2.05) is 32.9 Å². The Bertz CT molecular complexity index is 648. The number of anilines is 1. The highest BCUT2D eigenvalue weighted by atomic mass is 16.1. The fourth-order valence-corrected chi connectivity index (χ4v) is 3.00. The molecule has 1 amide bonds. The van der Waals surface area contributed by atoms with Gasteiger partial charge in [0.2, 0.25) is 0 Å². The second-order valence-electron chi connectivity index (χ2n) is 7.62. The Morgan fingerprint density at radius 2 is 1.60 bits per heavy atom. The number of carbonyl (C=O) groups excluding carboxylic acids is 1. The fraction of sp³-hybridized carbons (Fsp3) is 0.524. The summed E-state index contributed by atoms with van der Waals surface area (Å²) in [7, 11) is 0. The van der Waals surface area contributed by atoms with E-state index in [-0.39, 0.29) is 11.5 Å². The van der Waals surface area contributed by atoms with Crippen molar-refractivity contribution in [2.24, 2.45) is 11.8 Å². The Labute approximate surface area is 152 Å². The predicted octanol–water partition coefficient (Wildman–Crippen LogP) is 4.57. The molecule has 0 fully saturated rings. The van der Waals surface area contributed by atoms with E-state index in [9.17, 15) is 10.1 Å². The topological polar surface area (TPSA) is 56.1 Å². The van der Waals surface area contributed by atoms with Crippen LogP contribution in [0.1, 0.15) is 44.4 Å². The van der Waals surface area contributed by atoms with Crippen LogP contribution in [0.25, 0.3) is 0 Å². The lowest BCUT2D eigenvalue weighted by atomic mass is 10.0. The molecule has 0 aliphatic heterocycles. The number of benzene rings is 1. The van der Waals surface area contributed by atoms with Crippen molar-refractivity contribution in [3.63, 3.8) is 0 Å². The van der Waals surface area contributed by atoms with Crippen LogP contribution in [0.3, 0.4) is 0 Å². The van der Waals surface area contributed by atoms with Crippen molar-refractivity contribution in [1.82, 2.24) is 4.90 Å². The number of nitrogens with zero attached hydrogens (tertiary/aromatic N) is 2. The molecule has 0 unspecified atom stereocenters. The van der Waals surface area contributed by atoms with Crippen molar-refractivity contribution < 1.29 is 4.79 Å². The first-order valence-electron chi connectivity index (χ1n) is 8.89. The van der Waals surface area contributed by atoms with Gasteiger partial charge < -0.3 is 10.2 Å². The summed E-state index contributed by atoms with van der Waals surface area (Å²) >= 11 is 0. The molecule has 0 radical (unpaired) electrons. The van der Waals surface area contributed by atoms with Gasteiger partial charge in [0.25, 0.3) is 5.91 Å². The third kappa shape index (κ3) is 6.62. The SMILES string of the molecule is Cc1cc(C)c(NC(=O)/C(C#N)=C\N(CC(C)C)CC(C)C)c(C)c1. The molecular formula is C21H31N3O. The van der Waals surface area contributed by atoms with E-state index in [1.165, 1.54) is 0 Å². The largest absolute Gasteiger partial charge is 0.376 e. The van der Waals surface area contributed by atoms with Crippen LogP contribution in [0, 0.1) is 43.9 Å². The average molecular weight is 341 g/mol. The molecule has 0 spiro atoms. The Kier molecular flexibility index (Phi) is 7.70. The van der Waals surface area contributed by atoms with Gasteiger partial charge in [-0.1, -0.05) is 45.4 Å². The van der Waals surface area contributed by atoms with E-state index >= 15 is 0 Å². The zero-order chi connectivity index (χ0) is 19.1. The number of rotatable bonds is 7. The lowest BCUT2D eigenvalue weighted by molar-refractivity contribution is -0.112. The van der Waals surface area contributed by atoms with E-state index < -0.39 is 0 Å². The summed E-state index contributed by atoms with van der Waals surface area (Å²) in [6.07, 6.45) is 1.70. The van der Waals surface area contributed by atoms with Crippen LogP contribution in [-0.2, 0) is 4.79 Å². The van der Waals surface area contributed by atoms with E-state index in [4.69, 9.17) is 0 Å². The Morgan fingerprint density at radius 1 is 1.12 bits per heavy atom. The molecule has 1 rings (SSSR count). The number of aryl methyl sites for hydroxylation is 3. The minimum Gasteiger partial charge on any atom is -0.376 e. The summed E-state index contributed by atoms with van der Waals surface area (Å²) in [6, 6.07) is 6.12. The molecule has 0 bridgehead atoms. The molecule has 136 valence electrons. The van der Waals surface area contributed by atoms with Crippen LogP contribution in [-0.4, -0.2) is 23.9 Å². The molecule has 4 heteroatoms. The third-order valence-corrected chi connectivity index (χ3v) is 3.79. The van der Waals surface area contributed by atoms with Crippen LogP contribution in [0.15, 0.2) is 23.9 Å². The third-order valence-electron chi connectivity index (χ3n) is 3.79. The van der Waals surface area contributed by atoms with Crippen LogP contribution in [0.4, 0.5) is 5.69 Å². The molecule has 1 N–H and O–H groups in total. The zero-order valence-electron chi connectivity index (χ0n) is 16.6. The quantitative estimate of drug-likeness (QED) is 0.584. The molecule has 0 saturated carbocycles. The van der Waals surface area contributed by atoms with Crippen molar-refractivity contribution in [1.29, 1.82) is 5.26 Å². The standard InChI is InChI=1S/C21H31N3O/c1-14(2)11-24(12-15(3)4)13-19(10-22)21(25)23-20-17(6)8-16(5)9-18(20)7/h8-9,13-15H,11-12H2,1-7H3,(H,23,25)/b19-13-. The molecule has 25 heavy (non-hydrogen) atoms. The number of nitriles is 1. The van der Waals surface area contributed by atoms with Crippen LogP contribution in [0.2, 0.25) is 0 Å². The normalized spacial score (nSPS) is 11.6. The lowest BCUT2D eigenvalue weighted by Gasteiger charge is -2.25. The van der Waals surface area contributed by atoms with E-state index in [0.29, 0.717) is 11.8 Å². The van der Waals surface area contributed by atoms with E-state index in [0.717, 1.165) is 35.5 Å². The first kappa shape index (κ1) is 20.8. The summed E-state index contributed by atoms with van der Waals surface area (Å²) in [5.74, 6) is 0.564. The van der Waals surface area contributed by atoms with Gasteiger partial charge in [-0.2, -0.15) is 5.26 Å². The molecule has 0 aliphatic carbocycles. The highest BCUT2D eigenvalue weighted by molar-refractivity contribution is 6.07. The second-order valence-corrected chi connectivity index (χ2v) is 7.62. The Morgan fingerprint density at radius 3 is 2.00 bits per heavy atom. The minimum absolute atomic E-state index is 0.140. The van der Waals surface area contributed by atoms with Crippen molar-refractivity contribution in [2.45, 2.75) is 48.5 Å². The van der Waals surface area contributed by atoms with Gasteiger partial charge in [0.05, 0.1) is 0 Å². The molecule has 4 nitrogen and oxygen atoms in total. The first-order valence-corrected chi connectivity index (χ1v) is 8.89. The van der Waals surface area contributed by atoms with Crippen LogP contribution in [0.5, 0.6) is 0 Å². The molecule has 1 aromatic rings. The number of hydrogen-bond acceptors (Lipinski definition) is 3. The molecule has 0 saturated heterocycles. The molecule has 0 atom stereocenters. The highest BCUT2D eigenvalue weighted by Crippen LogP contribution is 2.22. The molecule has 0 aliphatic rings. The van der Waals surface area contributed by atoms with Crippen LogP contribution < -0.4 is 5.32 Å². The number of carbonyl (C=O) groups is 1. The molecule has 0 heterocycles. The molecule has 0 aromatic heterocycles. The van der Waals surface area contributed by atoms with Crippen molar-refractivity contribution in [3.05, 3.63) is 40.6 Å². The van der Waals surface area contributed by atoms with Gasteiger partial charge in [0.15, 0.2) is 0 Å². The van der Waals surface area contributed by atoms with Crippen LogP contribution >= 0.6 is 0 Å². The van der Waals surface area contributed by atoms with Gasteiger partial charge in [-0.3, -0.25) is 4.79 Å². The zero-order valence-corrected chi connectivity index (χ0v) is 16.6. The predicted molar refractivity (Wildman–Crippen MR) is 104 cm³/mol. The molecule has 1 aromatic carbocycles. The van der Waals surface area contributed by atoms with Crippen molar-refractivity contribution >= 4 is 11.6 Å². The fourth-order valence-electron chi connectivity index (χ4n) is 3.00. The molecular weight excluding hydrogens is 310 g/mol. The van der Waals surface area contributed by atoms with E-state index in [2.05, 4.69) is 44.0 Å². The van der Waals surface area contributed by atoms with Gasteiger partial charge in [0, 0.05) is 25.0 Å². The average Bonchev–Trinajstić information content (AvgIpc) is 2.46. The number of amides is 1. The van der Waals surface area contributed by atoms with Gasteiger partial charge in [-0.15, -0.1) is 0 Å². The highest BCUT2D eigenvalue weighted by Gasteiger charge is 2.15. The maximum atomic E-state index is 12.6. The smallest absolute Gasteiger partial charge is 0.267 e. The maximum Gasteiger partial charge on any atom is 0.267 e. The number of hydrogen-bond donors (Lipinski definition) is 1. The first-order chi connectivity index (χ1) is 11.6. The van der Waals surface area contributed by atoms with Gasteiger partial charge in [0.1, 0.15) is 11.6 Å². The Hall–Kier alpha value is -2.28. The van der Waals surface area contributed by atoms with E-state index in [1.54, 1.807) is 6.20 Å². The summed E-state index contributed by atoms with van der Waals surface area (Å²) in [6.45, 7) is 16.1. The van der Waals surface area contributed by atoms with Crippen molar-refractivity contribution in [3.8, 4) is 6.07 Å². The van der Waals surface area contributed by atoms with Gasteiger partial charge in [-0.25, -0.2) is 0 Å². The number of nitrogens with one attached hydrogen (secondary N) is 1. The summed E-state index contributed by atoms with van der Waals surface area (Å²) in [5, 5.41) is 12.4. The summed E-state index contributed by atoms with van der Waals surface area (Å²) in [5.41, 5.74) is 4.09. The maximum absolute atomic E-state index is 12.6. The summed E-state index contributed by atoms with van der Waals surface area (Å²) < 4.78 is 0. The lowest BCUT2D eigenvalue weighted by Crippen LogP contribution is -2.28. The van der Waals surface area contributed by atoms with Gasteiger partial charge in [-0.05, 0) is 43.7 Å². The van der Waals surface area contributed by atoms with Gasteiger partial charge >= 0.3 is 0 Å². The minimum atomic E-state index is -0.352. The Balaban J connectivity index is 3.05. The monoisotopic (exact) mass is 341 g/mol. The second kappa shape index (κ2) is 9.27.